The van der Waals surface area contributed by atoms with Crippen molar-refractivity contribution in [3.05, 3.63) is 0 Å². The van der Waals surface area contributed by atoms with Gasteiger partial charge in [-0.1, -0.05) is 51.9 Å². The maximum Gasteiger partial charge on any atom is 0.303 e. The van der Waals surface area contributed by atoms with E-state index in [4.69, 9.17) is 5.11 Å². The molecule has 0 saturated heterocycles. The number of aliphatic carboxylic acids is 1. The lowest BCUT2D eigenvalue weighted by Crippen LogP contribution is -2.20. The second-order valence-corrected chi connectivity index (χ2v) is 5.63. The van der Waals surface area contributed by atoms with E-state index in [0.717, 1.165) is 12.8 Å². The fraction of sp³-hybridized carbons (Fsp3) is 0.938. The minimum absolute atomic E-state index is 0.336. The lowest BCUT2D eigenvalue weighted by molar-refractivity contribution is -0.137. The first-order valence-corrected chi connectivity index (χ1v) is 8.07. The van der Waals surface area contributed by atoms with Crippen LogP contribution >= 0.6 is 0 Å². The highest BCUT2D eigenvalue weighted by molar-refractivity contribution is 5.66. The monoisotopic (exact) mass is 271 g/mol. The Bertz CT molecular complexity index is 207. The molecular formula is C16H33NO2. The van der Waals surface area contributed by atoms with Crippen molar-refractivity contribution < 1.29 is 9.90 Å². The molecule has 0 radical (unpaired) electrons. The number of nitrogens with zero attached hydrogens (tertiary/aromatic N) is 1. The van der Waals surface area contributed by atoms with Crippen molar-refractivity contribution in [2.45, 2.75) is 77.6 Å². The molecule has 0 aliphatic rings. The molecule has 0 aromatic carbocycles. The molecule has 0 aromatic heterocycles. The number of carboxylic acid groups (broad SMARTS) is 1. The zero-order valence-electron chi connectivity index (χ0n) is 13.0. The normalized spacial score (nSPS) is 11.1. The molecule has 0 rings (SSSR count). The van der Waals surface area contributed by atoms with Crippen LogP contribution in [0, 0.1) is 0 Å². The summed E-state index contributed by atoms with van der Waals surface area (Å²) in [6.07, 6.45) is 12.6. The van der Waals surface area contributed by atoms with E-state index >= 15 is 0 Å². The molecule has 1 N–H and O–H groups in total. The van der Waals surface area contributed by atoms with E-state index in [9.17, 15) is 4.79 Å². The minimum atomic E-state index is -0.661. The van der Waals surface area contributed by atoms with Gasteiger partial charge in [0.05, 0.1) is 0 Å². The van der Waals surface area contributed by atoms with Crippen molar-refractivity contribution in [2.75, 3.05) is 20.1 Å². The first-order chi connectivity index (χ1) is 9.16. The highest BCUT2D eigenvalue weighted by Crippen LogP contribution is 2.09. The van der Waals surface area contributed by atoms with Crippen molar-refractivity contribution in [3.8, 4) is 0 Å². The first-order valence-electron chi connectivity index (χ1n) is 8.07. The third-order valence-corrected chi connectivity index (χ3v) is 3.57. The molecular weight excluding hydrogens is 238 g/mol. The van der Waals surface area contributed by atoms with Gasteiger partial charge in [-0.05, 0) is 39.4 Å². The molecule has 0 aromatic rings. The van der Waals surface area contributed by atoms with Gasteiger partial charge in [0.25, 0.3) is 0 Å². The van der Waals surface area contributed by atoms with Gasteiger partial charge in [-0.3, -0.25) is 4.79 Å². The number of carbonyl (C=O) groups is 1. The van der Waals surface area contributed by atoms with Crippen molar-refractivity contribution in [1.29, 1.82) is 0 Å². The molecule has 0 unspecified atom stereocenters. The molecule has 0 aliphatic heterocycles. The molecule has 19 heavy (non-hydrogen) atoms. The van der Waals surface area contributed by atoms with Crippen LogP contribution in [0.4, 0.5) is 0 Å². The zero-order valence-corrected chi connectivity index (χ0v) is 13.0. The summed E-state index contributed by atoms with van der Waals surface area (Å²) in [6.45, 7) is 4.71. The molecule has 0 spiro atoms. The lowest BCUT2D eigenvalue weighted by Gasteiger charge is -2.15. The van der Waals surface area contributed by atoms with Crippen LogP contribution in [-0.2, 0) is 4.79 Å². The second kappa shape index (κ2) is 13.9. The average Bonchev–Trinajstić information content (AvgIpc) is 2.36. The molecule has 0 heterocycles. The molecule has 0 fully saturated rings. The number of carboxylic acids is 1. The van der Waals surface area contributed by atoms with Crippen molar-refractivity contribution in [1.82, 2.24) is 4.90 Å². The fourth-order valence-electron chi connectivity index (χ4n) is 2.29. The van der Waals surface area contributed by atoms with E-state index < -0.39 is 5.97 Å². The SMILES string of the molecule is CCCCCN(C)CCCCCCCCCC(=O)O. The van der Waals surface area contributed by atoms with Crippen molar-refractivity contribution in [2.24, 2.45) is 0 Å². The summed E-state index contributed by atoms with van der Waals surface area (Å²) in [5.74, 6) is -0.661. The molecule has 0 aliphatic carbocycles. The van der Waals surface area contributed by atoms with E-state index in [2.05, 4.69) is 18.9 Å². The molecule has 3 heteroatoms. The van der Waals surface area contributed by atoms with E-state index in [1.807, 2.05) is 0 Å². The molecule has 0 bridgehead atoms. The van der Waals surface area contributed by atoms with Gasteiger partial charge in [-0.15, -0.1) is 0 Å². The van der Waals surface area contributed by atoms with Gasteiger partial charge < -0.3 is 10.0 Å². The second-order valence-electron chi connectivity index (χ2n) is 5.63. The quantitative estimate of drug-likeness (QED) is 0.478. The highest BCUT2D eigenvalue weighted by Gasteiger charge is 1.99. The fourth-order valence-corrected chi connectivity index (χ4v) is 2.29. The Morgan fingerprint density at radius 3 is 1.84 bits per heavy atom. The lowest BCUT2D eigenvalue weighted by atomic mass is 10.1. The molecule has 0 amide bonds. The van der Waals surface area contributed by atoms with Crippen LogP contribution in [0.5, 0.6) is 0 Å². The third kappa shape index (κ3) is 15.4. The Morgan fingerprint density at radius 2 is 1.32 bits per heavy atom. The minimum Gasteiger partial charge on any atom is -0.481 e. The maximum absolute atomic E-state index is 10.3. The van der Waals surface area contributed by atoms with E-state index in [0.29, 0.717) is 6.42 Å². The predicted molar refractivity (Wildman–Crippen MR) is 81.6 cm³/mol. The first kappa shape index (κ1) is 18.4. The van der Waals surface area contributed by atoms with E-state index in [-0.39, 0.29) is 0 Å². The number of hydrogen-bond acceptors (Lipinski definition) is 2. The van der Waals surface area contributed by atoms with E-state index in [1.165, 1.54) is 64.5 Å². The van der Waals surface area contributed by atoms with Gasteiger partial charge in [-0.2, -0.15) is 0 Å². The van der Waals surface area contributed by atoms with Gasteiger partial charge >= 0.3 is 5.97 Å². The maximum atomic E-state index is 10.3. The summed E-state index contributed by atoms with van der Waals surface area (Å²) in [5, 5.41) is 8.51. The Labute approximate surface area is 119 Å². The largest absolute Gasteiger partial charge is 0.481 e. The smallest absolute Gasteiger partial charge is 0.303 e. The molecule has 0 saturated carbocycles. The average molecular weight is 271 g/mol. The van der Waals surface area contributed by atoms with E-state index in [1.54, 1.807) is 0 Å². The van der Waals surface area contributed by atoms with Gasteiger partial charge in [0.15, 0.2) is 0 Å². The van der Waals surface area contributed by atoms with Gasteiger partial charge in [-0.25, -0.2) is 0 Å². The Balaban J connectivity index is 3.11. The third-order valence-electron chi connectivity index (χ3n) is 3.57. The highest BCUT2D eigenvalue weighted by atomic mass is 16.4. The predicted octanol–water partition coefficient (Wildman–Crippen LogP) is 4.31. The van der Waals surface area contributed by atoms with Crippen molar-refractivity contribution >= 4 is 5.97 Å². The standard InChI is InChI=1S/C16H33NO2/c1-3-4-11-14-17(2)15-12-9-7-5-6-8-10-13-16(18)19/h3-15H2,1-2H3,(H,18,19). The zero-order chi connectivity index (χ0) is 14.3. The van der Waals surface area contributed by atoms with Gasteiger partial charge in [0.1, 0.15) is 0 Å². The molecule has 114 valence electrons. The van der Waals surface area contributed by atoms with Crippen LogP contribution in [0.3, 0.4) is 0 Å². The summed E-state index contributed by atoms with van der Waals surface area (Å²) >= 11 is 0. The molecule has 3 nitrogen and oxygen atoms in total. The van der Waals surface area contributed by atoms with Crippen molar-refractivity contribution in [3.63, 3.8) is 0 Å². The van der Waals surface area contributed by atoms with Gasteiger partial charge in [0, 0.05) is 6.42 Å². The van der Waals surface area contributed by atoms with Gasteiger partial charge in [0.2, 0.25) is 0 Å². The summed E-state index contributed by atoms with van der Waals surface area (Å²) in [6, 6.07) is 0. The van der Waals surface area contributed by atoms with Crippen LogP contribution < -0.4 is 0 Å². The topological polar surface area (TPSA) is 40.5 Å². The van der Waals surface area contributed by atoms with Crippen LogP contribution in [0.2, 0.25) is 0 Å². The summed E-state index contributed by atoms with van der Waals surface area (Å²) in [7, 11) is 2.22. The summed E-state index contributed by atoms with van der Waals surface area (Å²) in [4.78, 5) is 12.8. The number of hydrogen-bond donors (Lipinski definition) is 1. The Kier molecular flexibility index (Phi) is 13.4. The number of rotatable bonds is 14. The Morgan fingerprint density at radius 1 is 0.842 bits per heavy atom. The molecule has 0 atom stereocenters. The Hall–Kier alpha value is -0.570. The van der Waals surface area contributed by atoms with Crippen LogP contribution in [0.1, 0.15) is 77.6 Å². The van der Waals surface area contributed by atoms with Crippen LogP contribution in [-0.4, -0.2) is 36.1 Å². The number of unbranched alkanes of at least 4 members (excludes halogenated alkanes) is 8. The summed E-state index contributed by atoms with van der Waals surface area (Å²) in [5.41, 5.74) is 0. The van der Waals surface area contributed by atoms with Crippen LogP contribution in [0.15, 0.2) is 0 Å². The van der Waals surface area contributed by atoms with Crippen LogP contribution in [0.25, 0.3) is 0 Å². The summed E-state index contributed by atoms with van der Waals surface area (Å²) < 4.78 is 0.